The summed E-state index contributed by atoms with van der Waals surface area (Å²) in [5.41, 5.74) is 2.89. The van der Waals surface area contributed by atoms with Crippen molar-refractivity contribution in [2.45, 2.75) is 20.4 Å². The monoisotopic (exact) mass is 256 g/mol. The van der Waals surface area contributed by atoms with Gasteiger partial charge < -0.3 is 4.74 Å². The first kappa shape index (κ1) is 13.3. The number of nitrogens with zero attached hydrogens (tertiary/aromatic N) is 1. The molecule has 3 nitrogen and oxygen atoms in total. The first-order valence-electron chi connectivity index (χ1n) is 6.24. The number of carbonyl (C=O) groups excluding carboxylic acids is 1. The fourth-order valence-electron chi connectivity index (χ4n) is 2.04. The summed E-state index contributed by atoms with van der Waals surface area (Å²) in [7, 11) is 1.65. The summed E-state index contributed by atoms with van der Waals surface area (Å²) in [6, 6.07) is 11.6. The van der Waals surface area contributed by atoms with Crippen molar-refractivity contribution in [1.82, 2.24) is 0 Å². The molecule has 0 N–H and O–H groups in total. The molecule has 0 spiro atoms. The van der Waals surface area contributed by atoms with Crippen molar-refractivity contribution < 1.29 is 14.1 Å². The average Bonchev–Trinajstić information content (AvgIpc) is 2.41. The van der Waals surface area contributed by atoms with Crippen molar-refractivity contribution in [3.63, 3.8) is 0 Å². The van der Waals surface area contributed by atoms with Gasteiger partial charge in [-0.15, -0.1) is 0 Å². The highest BCUT2D eigenvalue weighted by atomic mass is 16.5. The zero-order valence-electron chi connectivity index (χ0n) is 11.5. The molecule has 1 aromatic carbocycles. The van der Waals surface area contributed by atoms with Gasteiger partial charge in [-0.1, -0.05) is 6.07 Å². The van der Waals surface area contributed by atoms with Crippen LogP contribution in [0, 0.1) is 6.92 Å². The van der Waals surface area contributed by atoms with Crippen LogP contribution in [0.4, 0.5) is 0 Å². The van der Waals surface area contributed by atoms with E-state index in [0.717, 1.165) is 17.0 Å². The lowest BCUT2D eigenvalue weighted by atomic mass is 10.1. The Labute approximate surface area is 113 Å². The Kier molecular flexibility index (Phi) is 3.95. The van der Waals surface area contributed by atoms with Gasteiger partial charge in [0.05, 0.1) is 12.7 Å². The molecule has 0 bridgehead atoms. The number of aryl methyl sites for hydroxylation is 1. The van der Waals surface area contributed by atoms with Gasteiger partial charge in [-0.3, -0.25) is 4.79 Å². The number of pyridine rings is 1. The molecule has 0 atom stereocenters. The zero-order valence-corrected chi connectivity index (χ0v) is 11.5. The quantitative estimate of drug-likeness (QED) is 0.621. The van der Waals surface area contributed by atoms with Gasteiger partial charge in [0.2, 0.25) is 0 Å². The van der Waals surface area contributed by atoms with Crippen molar-refractivity contribution in [2.75, 3.05) is 7.11 Å². The molecule has 0 aliphatic heterocycles. The van der Waals surface area contributed by atoms with Crippen LogP contribution in [0.1, 0.15) is 28.5 Å². The highest BCUT2D eigenvalue weighted by molar-refractivity contribution is 5.94. The average molecular weight is 256 g/mol. The van der Waals surface area contributed by atoms with Crippen LogP contribution in [0.5, 0.6) is 5.75 Å². The van der Waals surface area contributed by atoms with E-state index in [9.17, 15) is 4.79 Å². The lowest BCUT2D eigenvalue weighted by Crippen LogP contribution is -2.37. The van der Waals surface area contributed by atoms with Crippen LogP contribution < -0.4 is 9.30 Å². The lowest BCUT2D eigenvalue weighted by molar-refractivity contribution is -0.694. The lowest BCUT2D eigenvalue weighted by Gasteiger charge is -2.08. The first-order valence-corrected chi connectivity index (χ1v) is 6.24. The summed E-state index contributed by atoms with van der Waals surface area (Å²) in [4.78, 5) is 11.5. The Bertz CT molecular complexity index is 605. The highest BCUT2D eigenvalue weighted by Crippen LogP contribution is 2.20. The van der Waals surface area contributed by atoms with Crippen LogP contribution in [0.25, 0.3) is 0 Å². The minimum atomic E-state index is 0.0682. The number of benzene rings is 1. The SMILES string of the molecule is COc1ccc(C(C)=O)cc1C[n+]1ccccc1C. The molecule has 98 valence electrons. The molecule has 19 heavy (non-hydrogen) atoms. The third-order valence-corrected chi connectivity index (χ3v) is 3.20. The van der Waals surface area contributed by atoms with Crippen LogP contribution in [-0.4, -0.2) is 12.9 Å². The fourth-order valence-corrected chi connectivity index (χ4v) is 2.04. The minimum Gasteiger partial charge on any atom is -0.496 e. The Hall–Kier alpha value is -2.16. The van der Waals surface area contributed by atoms with Crippen molar-refractivity contribution in [3.8, 4) is 5.75 Å². The number of ether oxygens (including phenoxy) is 1. The molecule has 1 heterocycles. The molecule has 0 aliphatic rings. The van der Waals surface area contributed by atoms with E-state index in [0.29, 0.717) is 12.1 Å². The number of methoxy groups -OCH3 is 1. The Balaban J connectivity index is 2.40. The van der Waals surface area contributed by atoms with Gasteiger partial charge in [-0.25, -0.2) is 0 Å². The number of aromatic nitrogens is 1. The van der Waals surface area contributed by atoms with E-state index in [1.54, 1.807) is 20.1 Å². The topological polar surface area (TPSA) is 30.2 Å². The largest absolute Gasteiger partial charge is 0.496 e. The van der Waals surface area contributed by atoms with Gasteiger partial charge >= 0.3 is 0 Å². The molecule has 0 fully saturated rings. The van der Waals surface area contributed by atoms with E-state index in [2.05, 4.69) is 17.6 Å². The van der Waals surface area contributed by atoms with Gasteiger partial charge in [0, 0.05) is 24.6 Å². The van der Waals surface area contributed by atoms with E-state index < -0.39 is 0 Å². The predicted octanol–water partition coefficient (Wildman–Crippen LogP) is 2.54. The molecule has 0 unspecified atom stereocenters. The Morgan fingerprint density at radius 3 is 2.68 bits per heavy atom. The van der Waals surface area contributed by atoms with Crippen LogP contribution in [0.2, 0.25) is 0 Å². The molecule has 0 radical (unpaired) electrons. The van der Waals surface area contributed by atoms with Gasteiger partial charge in [0.15, 0.2) is 24.2 Å². The number of rotatable bonds is 4. The summed E-state index contributed by atoms with van der Waals surface area (Å²) in [5, 5.41) is 0. The van der Waals surface area contributed by atoms with Crippen LogP contribution in [0.3, 0.4) is 0 Å². The number of Topliss-reactive ketones (excluding diaryl/α,β-unsaturated/α-hetero) is 1. The number of ketones is 1. The van der Waals surface area contributed by atoms with E-state index in [1.807, 2.05) is 30.5 Å². The van der Waals surface area contributed by atoms with E-state index in [1.165, 1.54) is 0 Å². The van der Waals surface area contributed by atoms with Gasteiger partial charge in [-0.05, 0) is 25.1 Å². The van der Waals surface area contributed by atoms with Crippen molar-refractivity contribution >= 4 is 5.78 Å². The maximum absolute atomic E-state index is 11.5. The molecular formula is C16H18NO2+. The number of carbonyl (C=O) groups is 1. The predicted molar refractivity (Wildman–Crippen MR) is 73.5 cm³/mol. The Morgan fingerprint density at radius 1 is 1.26 bits per heavy atom. The van der Waals surface area contributed by atoms with Gasteiger partial charge in [-0.2, -0.15) is 4.57 Å². The standard InChI is InChI=1S/C16H18NO2/c1-12-6-4-5-9-17(12)11-15-10-14(13(2)18)7-8-16(15)19-3/h4-10H,11H2,1-3H3/q+1. The molecule has 2 aromatic rings. The van der Waals surface area contributed by atoms with Crippen LogP contribution in [-0.2, 0) is 6.54 Å². The van der Waals surface area contributed by atoms with E-state index in [-0.39, 0.29) is 5.78 Å². The Morgan fingerprint density at radius 2 is 2.05 bits per heavy atom. The molecule has 3 heteroatoms. The van der Waals surface area contributed by atoms with Crippen LogP contribution >= 0.6 is 0 Å². The van der Waals surface area contributed by atoms with Crippen molar-refractivity contribution in [3.05, 3.63) is 59.4 Å². The number of hydrogen-bond donors (Lipinski definition) is 0. The summed E-state index contributed by atoms with van der Waals surface area (Å²) in [6.07, 6.45) is 2.02. The van der Waals surface area contributed by atoms with Crippen molar-refractivity contribution in [1.29, 1.82) is 0 Å². The summed E-state index contributed by atoms with van der Waals surface area (Å²) in [5.74, 6) is 0.874. The smallest absolute Gasteiger partial charge is 0.178 e. The molecule has 0 aliphatic carbocycles. The molecule has 1 aromatic heterocycles. The fraction of sp³-hybridized carbons (Fsp3) is 0.250. The van der Waals surface area contributed by atoms with E-state index in [4.69, 9.17) is 4.74 Å². The van der Waals surface area contributed by atoms with Gasteiger partial charge in [0.25, 0.3) is 0 Å². The molecular weight excluding hydrogens is 238 g/mol. The summed E-state index contributed by atoms with van der Waals surface area (Å²) in [6.45, 7) is 4.32. The zero-order chi connectivity index (χ0) is 13.8. The molecule has 0 saturated heterocycles. The number of hydrogen-bond acceptors (Lipinski definition) is 2. The maximum Gasteiger partial charge on any atom is 0.178 e. The summed E-state index contributed by atoms with van der Waals surface area (Å²) < 4.78 is 7.49. The van der Waals surface area contributed by atoms with Gasteiger partial charge in [0.1, 0.15) is 5.75 Å². The minimum absolute atomic E-state index is 0.0682. The first-order chi connectivity index (χ1) is 9.11. The van der Waals surface area contributed by atoms with E-state index >= 15 is 0 Å². The summed E-state index contributed by atoms with van der Waals surface area (Å²) >= 11 is 0. The molecule has 2 rings (SSSR count). The maximum atomic E-state index is 11.5. The van der Waals surface area contributed by atoms with Crippen molar-refractivity contribution in [2.24, 2.45) is 0 Å². The second-order valence-electron chi connectivity index (χ2n) is 4.55. The van der Waals surface area contributed by atoms with Crippen LogP contribution in [0.15, 0.2) is 42.6 Å². The highest BCUT2D eigenvalue weighted by Gasteiger charge is 2.13. The molecule has 0 amide bonds. The second kappa shape index (κ2) is 5.65. The normalized spacial score (nSPS) is 10.3. The third kappa shape index (κ3) is 2.99. The molecule has 0 saturated carbocycles. The third-order valence-electron chi connectivity index (χ3n) is 3.20. The second-order valence-corrected chi connectivity index (χ2v) is 4.55.